The van der Waals surface area contributed by atoms with Crippen LogP contribution in [0.25, 0.3) is 0 Å². The number of benzene rings is 2. The maximum absolute atomic E-state index is 12.4. The van der Waals surface area contributed by atoms with Gasteiger partial charge in [0.05, 0.1) is 11.8 Å². The van der Waals surface area contributed by atoms with Crippen molar-refractivity contribution >= 4 is 29.7 Å². The zero-order chi connectivity index (χ0) is 27.3. The van der Waals surface area contributed by atoms with Crippen LogP contribution in [0, 0.1) is 0 Å². The molecule has 38 heavy (non-hydrogen) atoms. The van der Waals surface area contributed by atoms with E-state index in [1.54, 1.807) is 42.5 Å². The molecule has 0 aliphatic rings. The first-order valence-electron chi connectivity index (χ1n) is 14.5. The first-order valence-corrected chi connectivity index (χ1v) is 14.9. The third kappa shape index (κ3) is 14.3. The van der Waals surface area contributed by atoms with E-state index in [2.05, 4.69) is 17.5 Å². The topological polar surface area (TPSA) is 67.8 Å². The van der Waals surface area contributed by atoms with Crippen molar-refractivity contribution in [2.45, 2.75) is 110 Å². The highest BCUT2D eigenvalue weighted by atomic mass is 35.5. The van der Waals surface area contributed by atoms with Crippen molar-refractivity contribution < 1.29 is 14.3 Å². The zero-order valence-electron chi connectivity index (χ0n) is 23.1. The van der Waals surface area contributed by atoms with Crippen LogP contribution in [0.4, 0.5) is 0 Å². The normalized spacial score (nSPS) is 11.1. The number of esters is 1. The minimum Gasteiger partial charge on any atom is -0.422 e. The molecule has 0 fully saturated rings. The predicted octanol–water partition coefficient (Wildman–Crippen LogP) is 9.27. The summed E-state index contributed by atoms with van der Waals surface area (Å²) < 4.78 is 5.50. The summed E-state index contributed by atoms with van der Waals surface area (Å²) in [6.45, 7) is 2.27. The maximum atomic E-state index is 12.4. The Hall–Kier alpha value is -2.66. The molecule has 0 unspecified atom stereocenters. The molecule has 0 bridgehead atoms. The standard InChI is InChI=1S/C32H45ClN2O3/c1-2-3-4-5-6-7-8-9-10-11-12-13-14-15-16-21-31(36)35-34-26-28-19-17-18-20-30(28)38-32(37)27-22-24-29(33)25-23-27/h17-20,22-26H,2-16,21H2,1H3,(H,35,36)/b34-26+. The Labute approximate surface area is 234 Å². The van der Waals surface area contributed by atoms with Crippen LogP contribution in [0.1, 0.15) is 126 Å². The van der Waals surface area contributed by atoms with Gasteiger partial charge in [-0.15, -0.1) is 0 Å². The second-order valence-electron chi connectivity index (χ2n) is 9.93. The van der Waals surface area contributed by atoms with Crippen LogP contribution < -0.4 is 10.2 Å². The molecule has 1 amide bonds. The van der Waals surface area contributed by atoms with Crippen LogP contribution in [-0.4, -0.2) is 18.1 Å². The van der Waals surface area contributed by atoms with Crippen molar-refractivity contribution in [1.29, 1.82) is 0 Å². The number of nitrogens with zero attached hydrogens (tertiary/aromatic N) is 1. The van der Waals surface area contributed by atoms with E-state index in [-0.39, 0.29) is 5.91 Å². The molecule has 6 heteroatoms. The smallest absolute Gasteiger partial charge is 0.343 e. The molecule has 0 spiro atoms. The number of hydrogen-bond donors (Lipinski definition) is 1. The quantitative estimate of drug-likeness (QED) is 0.0598. The lowest BCUT2D eigenvalue weighted by Crippen LogP contribution is -2.17. The van der Waals surface area contributed by atoms with Crippen LogP contribution in [0.3, 0.4) is 0 Å². The molecular formula is C32H45ClN2O3. The monoisotopic (exact) mass is 540 g/mol. The third-order valence-corrected chi connectivity index (χ3v) is 6.85. The van der Waals surface area contributed by atoms with Crippen LogP contribution in [0.2, 0.25) is 5.02 Å². The van der Waals surface area contributed by atoms with Gasteiger partial charge in [-0.2, -0.15) is 5.10 Å². The summed E-state index contributed by atoms with van der Waals surface area (Å²) in [6.07, 6.45) is 21.4. The van der Waals surface area contributed by atoms with Gasteiger partial charge in [-0.05, 0) is 42.8 Å². The average molecular weight is 541 g/mol. The molecule has 1 N–H and O–H groups in total. The molecular weight excluding hydrogens is 496 g/mol. The molecule has 0 aliphatic heterocycles. The number of nitrogens with one attached hydrogen (secondary N) is 1. The van der Waals surface area contributed by atoms with Crippen LogP contribution >= 0.6 is 11.6 Å². The van der Waals surface area contributed by atoms with E-state index < -0.39 is 5.97 Å². The van der Waals surface area contributed by atoms with Gasteiger partial charge < -0.3 is 4.74 Å². The van der Waals surface area contributed by atoms with Gasteiger partial charge in [-0.3, -0.25) is 4.79 Å². The third-order valence-electron chi connectivity index (χ3n) is 6.60. The average Bonchev–Trinajstić information content (AvgIpc) is 2.92. The highest BCUT2D eigenvalue weighted by Gasteiger charge is 2.11. The number of carbonyl (C=O) groups is 2. The van der Waals surface area contributed by atoms with Gasteiger partial charge >= 0.3 is 5.97 Å². The fraction of sp³-hybridized carbons (Fsp3) is 0.531. The van der Waals surface area contributed by atoms with Gasteiger partial charge in [0.2, 0.25) is 5.91 Å². The number of amides is 1. The Morgan fingerprint density at radius 3 is 1.87 bits per heavy atom. The highest BCUT2D eigenvalue weighted by molar-refractivity contribution is 6.30. The Morgan fingerprint density at radius 1 is 0.763 bits per heavy atom. The van der Waals surface area contributed by atoms with E-state index >= 15 is 0 Å². The molecule has 0 heterocycles. The number of unbranched alkanes of at least 4 members (excludes halogenated alkanes) is 14. The molecule has 2 aromatic carbocycles. The van der Waals surface area contributed by atoms with Gasteiger partial charge in [-0.1, -0.05) is 121 Å². The summed E-state index contributed by atoms with van der Waals surface area (Å²) in [5.74, 6) is -0.223. The maximum Gasteiger partial charge on any atom is 0.343 e. The van der Waals surface area contributed by atoms with Crippen LogP contribution in [0.5, 0.6) is 5.75 Å². The predicted molar refractivity (Wildman–Crippen MR) is 158 cm³/mol. The second kappa shape index (κ2) is 20.3. The molecule has 0 aliphatic carbocycles. The SMILES string of the molecule is CCCCCCCCCCCCCCCCCC(=O)N/N=C/c1ccccc1OC(=O)c1ccc(Cl)cc1. The molecule has 5 nitrogen and oxygen atoms in total. The van der Waals surface area contributed by atoms with E-state index in [0.717, 1.165) is 12.8 Å². The molecule has 2 aromatic rings. The number of rotatable bonds is 20. The van der Waals surface area contributed by atoms with E-state index in [4.69, 9.17) is 16.3 Å². The van der Waals surface area contributed by atoms with Crippen molar-refractivity contribution in [2.75, 3.05) is 0 Å². The molecule has 2 rings (SSSR count). The lowest BCUT2D eigenvalue weighted by Gasteiger charge is -2.07. The summed E-state index contributed by atoms with van der Waals surface area (Å²) in [5, 5.41) is 4.60. The molecule has 0 atom stereocenters. The Kier molecular flexibility index (Phi) is 16.9. The molecule has 0 radical (unpaired) electrons. The van der Waals surface area contributed by atoms with E-state index in [9.17, 15) is 9.59 Å². The lowest BCUT2D eigenvalue weighted by molar-refractivity contribution is -0.121. The molecule has 0 saturated carbocycles. The molecule has 208 valence electrons. The van der Waals surface area contributed by atoms with Gasteiger partial charge in [0.1, 0.15) is 5.75 Å². The van der Waals surface area contributed by atoms with Crippen LogP contribution in [0.15, 0.2) is 53.6 Å². The van der Waals surface area contributed by atoms with Gasteiger partial charge in [0.15, 0.2) is 0 Å². The van der Waals surface area contributed by atoms with Crippen molar-refractivity contribution in [2.24, 2.45) is 5.10 Å². The fourth-order valence-electron chi connectivity index (χ4n) is 4.31. The second-order valence-corrected chi connectivity index (χ2v) is 10.4. The first kappa shape index (κ1) is 31.6. The van der Waals surface area contributed by atoms with E-state index in [1.807, 2.05) is 6.07 Å². The summed E-state index contributed by atoms with van der Waals surface area (Å²) >= 11 is 5.88. The van der Waals surface area contributed by atoms with E-state index in [1.165, 1.54) is 89.7 Å². The zero-order valence-corrected chi connectivity index (χ0v) is 23.8. The molecule has 0 saturated heterocycles. The number of hydrogen-bond acceptors (Lipinski definition) is 4. The Morgan fingerprint density at radius 2 is 1.29 bits per heavy atom. The van der Waals surface area contributed by atoms with Crippen molar-refractivity contribution in [3.63, 3.8) is 0 Å². The van der Waals surface area contributed by atoms with E-state index in [0.29, 0.717) is 28.3 Å². The van der Waals surface area contributed by atoms with Crippen LogP contribution in [-0.2, 0) is 4.79 Å². The Bertz CT molecular complexity index is 959. The molecule has 0 aromatic heterocycles. The number of ether oxygens (including phenoxy) is 1. The Balaban J connectivity index is 1.52. The minimum absolute atomic E-state index is 0.105. The first-order chi connectivity index (χ1) is 18.6. The summed E-state index contributed by atoms with van der Waals surface area (Å²) in [4.78, 5) is 24.5. The van der Waals surface area contributed by atoms with Crippen molar-refractivity contribution in [3.8, 4) is 5.75 Å². The largest absolute Gasteiger partial charge is 0.422 e. The number of para-hydroxylation sites is 1. The highest BCUT2D eigenvalue weighted by Crippen LogP contribution is 2.19. The number of hydrazone groups is 1. The van der Waals surface area contributed by atoms with Gasteiger partial charge in [0.25, 0.3) is 0 Å². The summed E-state index contributed by atoms with van der Waals surface area (Å²) in [7, 11) is 0. The van der Waals surface area contributed by atoms with Crippen molar-refractivity contribution in [1.82, 2.24) is 5.43 Å². The van der Waals surface area contributed by atoms with Crippen molar-refractivity contribution in [3.05, 3.63) is 64.7 Å². The lowest BCUT2D eigenvalue weighted by atomic mass is 10.0. The van der Waals surface area contributed by atoms with Gasteiger partial charge in [0, 0.05) is 17.0 Å². The number of carbonyl (C=O) groups excluding carboxylic acids is 2. The summed E-state index contributed by atoms with van der Waals surface area (Å²) in [6, 6.07) is 13.6. The minimum atomic E-state index is -0.486. The van der Waals surface area contributed by atoms with Gasteiger partial charge in [-0.25, -0.2) is 10.2 Å². The number of halogens is 1. The summed E-state index contributed by atoms with van der Waals surface area (Å²) in [5.41, 5.74) is 3.57. The fourth-order valence-corrected chi connectivity index (χ4v) is 4.44.